The summed E-state index contributed by atoms with van der Waals surface area (Å²) in [6.45, 7) is 0.788. The molecule has 0 amide bonds. The minimum Gasteiger partial charge on any atom is -0.496 e. The molecular formula is C27H30N2O5. The van der Waals surface area contributed by atoms with Crippen LogP contribution in [-0.2, 0) is 16.1 Å². The van der Waals surface area contributed by atoms with Crippen LogP contribution >= 0.6 is 0 Å². The summed E-state index contributed by atoms with van der Waals surface area (Å²) >= 11 is 0. The van der Waals surface area contributed by atoms with Gasteiger partial charge >= 0.3 is 5.97 Å². The summed E-state index contributed by atoms with van der Waals surface area (Å²) in [4.78, 5) is 23.8. The Labute approximate surface area is 199 Å². The molecule has 1 aliphatic carbocycles. The van der Waals surface area contributed by atoms with Crippen molar-refractivity contribution >= 4 is 5.97 Å². The first-order valence-corrected chi connectivity index (χ1v) is 11.7. The van der Waals surface area contributed by atoms with Crippen LogP contribution in [0.3, 0.4) is 0 Å². The summed E-state index contributed by atoms with van der Waals surface area (Å²) in [5.74, 6) is 0.474. The van der Waals surface area contributed by atoms with E-state index in [1.165, 1.54) is 0 Å². The Hall–Kier alpha value is -3.45. The number of carboxylic acids is 1. The molecule has 1 heterocycles. The van der Waals surface area contributed by atoms with E-state index < -0.39 is 5.97 Å². The number of carboxylic acid groups (broad SMARTS) is 1. The van der Waals surface area contributed by atoms with Crippen LogP contribution in [-0.4, -0.2) is 41.2 Å². The number of hydrogen-bond donors (Lipinski definition) is 1. The fraction of sp³-hybridized carbons (Fsp3) is 0.370. The van der Waals surface area contributed by atoms with E-state index in [4.69, 9.17) is 19.7 Å². The topological polar surface area (TPSA) is 90.7 Å². The van der Waals surface area contributed by atoms with Crippen LogP contribution < -0.4 is 10.3 Å². The van der Waals surface area contributed by atoms with Gasteiger partial charge in [-0.1, -0.05) is 48.5 Å². The summed E-state index contributed by atoms with van der Waals surface area (Å²) in [6.07, 6.45) is 3.85. The molecule has 0 bridgehead atoms. The van der Waals surface area contributed by atoms with Crippen molar-refractivity contribution < 1.29 is 19.4 Å². The number of methoxy groups -OCH3 is 1. The van der Waals surface area contributed by atoms with Gasteiger partial charge in [-0.2, -0.15) is 5.10 Å². The van der Waals surface area contributed by atoms with E-state index in [0.717, 1.165) is 48.1 Å². The van der Waals surface area contributed by atoms with Crippen molar-refractivity contribution in [1.82, 2.24) is 9.78 Å². The third-order valence-electron chi connectivity index (χ3n) is 6.42. The third kappa shape index (κ3) is 5.72. The standard InChI is InChI=1S/C27H30N2O5/c1-33-24-10-6-5-9-22(24)23-15-25(30)29(28-27(23)21-7-3-2-4-8-21)16-19-11-13-20(14-12-19)17-34-18-26(31)32/h2-10,15,19-20H,11-14,16-18H2,1H3,(H,31,32)/t19-,20-. The number of aromatic nitrogens is 2. The molecule has 1 fully saturated rings. The Morgan fingerprint density at radius 2 is 1.68 bits per heavy atom. The molecule has 3 aromatic rings. The number of benzene rings is 2. The zero-order valence-electron chi connectivity index (χ0n) is 19.4. The van der Waals surface area contributed by atoms with E-state index in [9.17, 15) is 9.59 Å². The summed E-state index contributed by atoms with van der Waals surface area (Å²) in [6, 6.07) is 19.2. The quantitative estimate of drug-likeness (QED) is 0.504. The largest absolute Gasteiger partial charge is 0.496 e. The smallest absolute Gasteiger partial charge is 0.329 e. The lowest BCUT2D eigenvalue weighted by Crippen LogP contribution is -2.29. The molecule has 0 saturated heterocycles. The number of nitrogens with zero attached hydrogens (tertiary/aromatic N) is 2. The molecule has 34 heavy (non-hydrogen) atoms. The van der Waals surface area contributed by atoms with E-state index in [0.29, 0.717) is 30.7 Å². The highest BCUT2D eigenvalue weighted by Crippen LogP contribution is 2.35. The van der Waals surface area contributed by atoms with Gasteiger partial charge in [-0.15, -0.1) is 0 Å². The lowest BCUT2D eigenvalue weighted by Gasteiger charge is -2.28. The minimum absolute atomic E-state index is 0.132. The molecule has 1 aliphatic rings. The SMILES string of the molecule is COc1ccccc1-c1cc(=O)n(C[C@H]2CC[C@H](COCC(=O)O)CC2)nc1-c1ccccc1. The molecule has 7 heteroatoms. The maximum absolute atomic E-state index is 13.1. The van der Waals surface area contributed by atoms with Gasteiger partial charge < -0.3 is 14.6 Å². The van der Waals surface area contributed by atoms with Crippen LogP contribution in [0.1, 0.15) is 25.7 Å². The molecule has 178 valence electrons. The van der Waals surface area contributed by atoms with E-state index in [2.05, 4.69) is 0 Å². The molecule has 0 spiro atoms. The number of para-hydroxylation sites is 1. The van der Waals surface area contributed by atoms with E-state index in [-0.39, 0.29) is 12.2 Å². The Kier molecular flexibility index (Phi) is 7.75. The van der Waals surface area contributed by atoms with Crippen molar-refractivity contribution in [2.75, 3.05) is 20.3 Å². The number of ether oxygens (including phenoxy) is 2. The summed E-state index contributed by atoms with van der Waals surface area (Å²) in [5.41, 5.74) is 3.15. The zero-order valence-corrected chi connectivity index (χ0v) is 19.4. The number of rotatable bonds is 9. The van der Waals surface area contributed by atoms with Gasteiger partial charge in [-0.25, -0.2) is 9.48 Å². The third-order valence-corrected chi connectivity index (χ3v) is 6.42. The Bertz CT molecular complexity index is 1170. The van der Waals surface area contributed by atoms with Gasteiger partial charge in [0.1, 0.15) is 12.4 Å². The van der Waals surface area contributed by atoms with Crippen LogP contribution in [0.4, 0.5) is 0 Å². The van der Waals surface area contributed by atoms with Gasteiger partial charge in [0.25, 0.3) is 5.56 Å². The molecule has 0 radical (unpaired) electrons. The molecule has 0 atom stereocenters. The van der Waals surface area contributed by atoms with Crippen molar-refractivity contribution in [3.05, 3.63) is 71.0 Å². The average Bonchev–Trinajstić information content (AvgIpc) is 2.86. The fourth-order valence-corrected chi connectivity index (χ4v) is 4.64. The molecule has 4 rings (SSSR count). The van der Waals surface area contributed by atoms with Crippen LogP contribution in [0.15, 0.2) is 65.5 Å². The predicted molar refractivity (Wildman–Crippen MR) is 130 cm³/mol. The van der Waals surface area contributed by atoms with E-state index in [1.54, 1.807) is 17.9 Å². The maximum atomic E-state index is 13.1. The number of aliphatic carboxylic acids is 1. The van der Waals surface area contributed by atoms with Gasteiger partial charge in [-0.3, -0.25) is 4.79 Å². The first kappa shape index (κ1) is 23.7. The van der Waals surface area contributed by atoms with Gasteiger partial charge in [0.2, 0.25) is 0 Å². The van der Waals surface area contributed by atoms with Crippen molar-refractivity contribution in [1.29, 1.82) is 0 Å². The second-order valence-corrected chi connectivity index (χ2v) is 8.79. The molecule has 0 aliphatic heterocycles. The van der Waals surface area contributed by atoms with E-state index >= 15 is 0 Å². The van der Waals surface area contributed by atoms with Crippen LogP contribution in [0.25, 0.3) is 22.4 Å². The number of hydrogen-bond acceptors (Lipinski definition) is 5. The highest BCUT2D eigenvalue weighted by atomic mass is 16.5. The predicted octanol–water partition coefficient (Wildman–Crippen LogP) is 4.49. The molecule has 1 aromatic heterocycles. The normalized spacial score (nSPS) is 17.9. The molecule has 2 aromatic carbocycles. The molecular weight excluding hydrogens is 432 g/mol. The first-order valence-electron chi connectivity index (χ1n) is 11.7. The van der Waals surface area contributed by atoms with Crippen LogP contribution in [0.5, 0.6) is 5.75 Å². The molecule has 7 nitrogen and oxygen atoms in total. The van der Waals surface area contributed by atoms with E-state index in [1.807, 2.05) is 54.6 Å². The van der Waals surface area contributed by atoms with Crippen molar-refractivity contribution in [2.24, 2.45) is 11.8 Å². The highest BCUT2D eigenvalue weighted by molar-refractivity contribution is 5.83. The molecule has 1 saturated carbocycles. The zero-order chi connectivity index (χ0) is 23.9. The van der Waals surface area contributed by atoms with Crippen molar-refractivity contribution in [2.45, 2.75) is 32.2 Å². The highest BCUT2D eigenvalue weighted by Gasteiger charge is 2.23. The summed E-state index contributed by atoms with van der Waals surface area (Å²) in [7, 11) is 1.62. The van der Waals surface area contributed by atoms with Gasteiger partial charge in [0.05, 0.1) is 19.4 Å². The molecule has 1 N–H and O–H groups in total. The molecule has 0 unspecified atom stereocenters. The Balaban J connectivity index is 1.57. The lowest BCUT2D eigenvalue weighted by molar-refractivity contribution is -0.142. The Morgan fingerprint density at radius 3 is 2.38 bits per heavy atom. The van der Waals surface area contributed by atoms with Gasteiger partial charge in [0.15, 0.2) is 0 Å². The monoisotopic (exact) mass is 462 g/mol. The van der Waals surface area contributed by atoms with Gasteiger partial charge in [-0.05, 0) is 43.6 Å². The maximum Gasteiger partial charge on any atom is 0.329 e. The van der Waals surface area contributed by atoms with Crippen molar-refractivity contribution in [3.63, 3.8) is 0 Å². The second-order valence-electron chi connectivity index (χ2n) is 8.79. The number of carbonyl (C=O) groups is 1. The van der Waals surface area contributed by atoms with Gasteiger partial charge in [0, 0.05) is 29.3 Å². The van der Waals surface area contributed by atoms with Crippen molar-refractivity contribution in [3.8, 4) is 28.1 Å². The second kappa shape index (κ2) is 11.1. The minimum atomic E-state index is -0.940. The lowest BCUT2D eigenvalue weighted by atomic mass is 9.82. The Morgan fingerprint density at radius 1 is 1.00 bits per heavy atom. The van der Waals surface area contributed by atoms with Crippen LogP contribution in [0.2, 0.25) is 0 Å². The summed E-state index contributed by atoms with van der Waals surface area (Å²) < 4.78 is 12.4. The average molecular weight is 463 g/mol. The van der Waals surface area contributed by atoms with Crippen LogP contribution in [0, 0.1) is 11.8 Å². The first-order chi connectivity index (χ1) is 16.5. The summed E-state index contributed by atoms with van der Waals surface area (Å²) in [5, 5.41) is 13.6. The fourth-order valence-electron chi connectivity index (χ4n) is 4.64.